The average Bonchev–Trinajstić information content (AvgIpc) is 2.25. The number of ether oxygens (including phenoxy) is 1. The van der Waals surface area contributed by atoms with Gasteiger partial charge in [-0.1, -0.05) is 12.1 Å². The maximum atomic E-state index is 12.9. The van der Waals surface area contributed by atoms with E-state index in [-0.39, 0.29) is 19.2 Å². The lowest BCUT2D eigenvalue weighted by Gasteiger charge is -2.36. The standard InChI is InChI=1S/C11H7F9O/c1-21-8(10(15,16)17,11(18,19)20)6-3-2-4-7(5-6)9(12,13)14/h2-5H,1H3. The molecule has 0 aliphatic heterocycles. The third-order valence-corrected chi connectivity index (χ3v) is 2.70. The van der Waals surface area contributed by atoms with Crippen molar-refractivity contribution in [1.29, 1.82) is 0 Å². The van der Waals surface area contributed by atoms with Crippen LogP contribution in [-0.2, 0) is 16.5 Å². The molecule has 0 spiro atoms. The van der Waals surface area contributed by atoms with Crippen molar-refractivity contribution >= 4 is 0 Å². The molecule has 0 saturated heterocycles. The molecule has 10 heteroatoms. The van der Waals surface area contributed by atoms with Crippen LogP contribution >= 0.6 is 0 Å². The number of hydrogen-bond acceptors (Lipinski definition) is 1. The summed E-state index contributed by atoms with van der Waals surface area (Å²) in [6.07, 6.45) is -17.1. The summed E-state index contributed by atoms with van der Waals surface area (Å²) >= 11 is 0. The topological polar surface area (TPSA) is 9.23 Å². The molecule has 1 rings (SSSR count). The van der Waals surface area contributed by atoms with Crippen molar-refractivity contribution in [2.75, 3.05) is 7.11 Å². The monoisotopic (exact) mass is 326 g/mol. The van der Waals surface area contributed by atoms with Gasteiger partial charge < -0.3 is 4.74 Å². The lowest BCUT2D eigenvalue weighted by molar-refractivity contribution is -0.383. The van der Waals surface area contributed by atoms with Gasteiger partial charge in [0.2, 0.25) is 0 Å². The number of alkyl halides is 9. The minimum atomic E-state index is -6.00. The second kappa shape index (κ2) is 5.08. The summed E-state index contributed by atoms with van der Waals surface area (Å²) in [5.41, 5.74) is -8.17. The molecule has 0 amide bonds. The maximum absolute atomic E-state index is 12.9. The van der Waals surface area contributed by atoms with Gasteiger partial charge in [-0.3, -0.25) is 0 Å². The maximum Gasteiger partial charge on any atom is 0.430 e. The van der Waals surface area contributed by atoms with Crippen LogP contribution in [0.25, 0.3) is 0 Å². The van der Waals surface area contributed by atoms with Crippen molar-refractivity contribution in [3.8, 4) is 0 Å². The highest BCUT2D eigenvalue weighted by molar-refractivity contribution is 5.33. The second-order valence-corrected chi connectivity index (χ2v) is 3.96. The van der Waals surface area contributed by atoms with Crippen molar-refractivity contribution in [1.82, 2.24) is 0 Å². The van der Waals surface area contributed by atoms with Crippen LogP contribution in [0.15, 0.2) is 24.3 Å². The Hall–Kier alpha value is -1.45. The van der Waals surface area contributed by atoms with Gasteiger partial charge in [0.25, 0.3) is 5.60 Å². The van der Waals surface area contributed by atoms with Crippen LogP contribution in [0.1, 0.15) is 11.1 Å². The fraction of sp³-hybridized carbons (Fsp3) is 0.455. The van der Waals surface area contributed by atoms with Crippen LogP contribution in [0.5, 0.6) is 0 Å². The molecule has 0 unspecified atom stereocenters. The van der Waals surface area contributed by atoms with Crippen molar-refractivity contribution in [3.05, 3.63) is 35.4 Å². The van der Waals surface area contributed by atoms with Crippen LogP contribution in [0, 0.1) is 0 Å². The number of benzene rings is 1. The molecule has 0 fully saturated rings. The molecule has 0 aliphatic rings. The molecule has 120 valence electrons. The Kier molecular flexibility index (Phi) is 4.25. The zero-order chi connectivity index (χ0) is 16.7. The molecule has 0 aliphatic carbocycles. The largest absolute Gasteiger partial charge is 0.430 e. The summed E-state index contributed by atoms with van der Waals surface area (Å²) in [7, 11) is 0.126. The fourth-order valence-corrected chi connectivity index (χ4v) is 1.75. The summed E-state index contributed by atoms with van der Waals surface area (Å²) in [6, 6.07) is 0.851. The van der Waals surface area contributed by atoms with Gasteiger partial charge in [0.15, 0.2) is 0 Å². The highest BCUT2D eigenvalue weighted by Crippen LogP contribution is 2.53. The molecule has 0 aromatic heterocycles. The Balaban J connectivity index is 3.63. The summed E-state index contributed by atoms with van der Waals surface area (Å²) < 4.78 is 118. The van der Waals surface area contributed by atoms with E-state index in [2.05, 4.69) is 4.74 Å². The molecule has 0 N–H and O–H groups in total. The Labute approximate surface area is 112 Å². The third kappa shape index (κ3) is 2.94. The number of halogens is 9. The van der Waals surface area contributed by atoms with Crippen LogP contribution < -0.4 is 0 Å². The van der Waals surface area contributed by atoms with E-state index in [0.29, 0.717) is 12.1 Å². The number of methoxy groups -OCH3 is 1. The summed E-state index contributed by atoms with van der Waals surface area (Å²) in [4.78, 5) is 0. The number of hydrogen-bond donors (Lipinski definition) is 0. The van der Waals surface area contributed by atoms with Crippen molar-refractivity contribution < 1.29 is 44.3 Å². The summed E-state index contributed by atoms with van der Waals surface area (Å²) in [5, 5.41) is 0. The van der Waals surface area contributed by atoms with E-state index in [4.69, 9.17) is 0 Å². The average molecular weight is 326 g/mol. The van der Waals surface area contributed by atoms with Gasteiger partial charge in [-0.2, -0.15) is 39.5 Å². The Morgan fingerprint density at radius 2 is 1.19 bits per heavy atom. The van der Waals surface area contributed by atoms with Gasteiger partial charge in [-0.25, -0.2) is 0 Å². The quantitative estimate of drug-likeness (QED) is 0.718. The highest BCUT2D eigenvalue weighted by Gasteiger charge is 2.73. The van der Waals surface area contributed by atoms with Gasteiger partial charge in [-0.15, -0.1) is 0 Å². The Morgan fingerprint density at radius 1 is 0.762 bits per heavy atom. The lowest BCUT2D eigenvalue weighted by Crippen LogP contribution is -2.55. The predicted octanol–water partition coefficient (Wildman–Crippen LogP) is 4.67. The minimum absolute atomic E-state index is 0.126. The van der Waals surface area contributed by atoms with E-state index in [1.807, 2.05) is 0 Å². The van der Waals surface area contributed by atoms with Gasteiger partial charge >= 0.3 is 18.5 Å². The minimum Gasteiger partial charge on any atom is -0.357 e. The Morgan fingerprint density at radius 3 is 1.52 bits per heavy atom. The van der Waals surface area contributed by atoms with Crippen molar-refractivity contribution in [3.63, 3.8) is 0 Å². The first-order chi connectivity index (χ1) is 9.27. The lowest BCUT2D eigenvalue weighted by atomic mass is 9.90. The first-order valence-corrected chi connectivity index (χ1v) is 5.13. The Bertz CT molecular complexity index is 484. The predicted molar refractivity (Wildman–Crippen MR) is 52.2 cm³/mol. The van der Waals surface area contributed by atoms with Crippen LogP contribution in [0.4, 0.5) is 39.5 Å². The second-order valence-electron chi connectivity index (χ2n) is 3.96. The highest BCUT2D eigenvalue weighted by atomic mass is 19.4. The molecular formula is C11H7F9O. The smallest absolute Gasteiger partial charge is 0.357 e. The normalized spacial score (nSPS) is 14.4. The molecule has 21 heavy (non-hydrogen) atoms. The van der Waals surface area contributed by atoms with E-state index in [1.54, 1.807) is 0 Å². The summed E-state index contributed by atoms with van der Waals surface area (Å²) in [5.74, 6) is 0. The molecule has 0 heterocycles. The first kappa shape index (κ1) is 17.6. The van der Waals surface area contributed by atoms with Crippen LogP contribution in [-0.4, -0.2) is 19.5 Å². The molecule has 0 radical (unpaired) electrons. The molecule has 0 atom stereocenters. The molecular weight excluding hydrogens is 319 g/mol. The zero-order valence-electron chi connectivity index (χ0n) is 10.1. The van der Waals surface area contributed by atoms with Crippen LogP contribution in [0.2, 0.25) is 0 Å². The first-order valence-electron chi connectivity index (χ1n) is 5.13. The summed E-state index contributed by atoms with van der Waals surface area (Å²) in [6.45, 7) is 0. The van der Waals surface area contributed by atoms with Gasteiger partial charge in [-0.05, 0) is 12.1 Å². The molecule has 1 aromatic carbocycles. The van der Waals surface area contributed by atoms with E-state index in [0.717, 1.165) is 0 Å². The van der Waals surface area contributed by atoms with Gasteiger partial charge in [0.1, 0.15) is 0 Å². The third-order valence-electron chi connectivity index (χ3n) is 2.70. The van der Waals surface area contributed by atoms with E-state index >= 15 is 0 Å². The van der Waals surface area contributed by atoms with Crippen molar-refractivity contribution in [2.45, 2.75) is 24.1 Å². The van der Waals surface area contributed by atoms with E-state index in [9.17, 15) is 39.5 Å². The van der Waals surface area contributed by atoms with Gasteiger partial charge in [0, 0.05) is 12.7 Å². The number of rotatable bonds is 2. The van der Waals surface area contributed by atoms with E-state index in [1.165, 1.54) is 0 Å². The van der Waals surface area contributed by atoms with Crippen molar-refractivity contribution in [2.24, 2.45) is 0 Å². The van der Waals surface area contributed by atoms with Crippen LogP contribution in [0.3, 0.4) is 0 Å². The molecule has 1 aromatic rings. The zero-order valence-corrected chi connectivity index (χ0v) is 10.1. The SMILES string of the molecule is COC(c1cccc(C(F)(F)F)c1)(C(F)(F)F)C(F)(F)F. The molecule has 0 saturated carbocycles. The fourth-order valence-electron chi connectivity index (χ4n) is 1.75. The van der Waals surface area contributed by atoms with Gasteiger partial charge in [0.05, 0.1) is 5.56 Å². The molecule has 1 nitrogen and oxygen atoms in total. The molecule has 0 bridgehead atoms. The van der Waals surface area contributed by atoms with E-state index < -0.39 is 35.3 Å².